The van der Waals surface area contributed by atoms with Gasteiger partial charge in [0.2, 0.25) is 0 Å². The van der Waals surface area contributed by atoms with Gasteiger partial charge in [-0.15, -0.1) is 0 Å². The molecule has 1 aromatic rings. The first-order valence-corrected chi connectivity index (χ1v) is 5.28. The van der Waals surface area contributed by atoms with Crippen molar-refractivity contribution in [1.29, 1.82) is 0 Å². The second-order valence-electron chi connectivity index (χ2n) is 3.51. The SMILES string of the molecule is CCOC(=O)Cc1ccc(OC)c(C(F)(F)F)c1. The third kappa shape index (κ3) is 3.65. The number of ether oxygens (including phenoxy) is 2. The summed E-state index contributed by atoms with van der Waals surface area (Å²) in [6.07, 6.45) is -4.71. The second kappa shape index (κ2) is 5.75. The van der Waals surface area contributed by atoms with E-state index in [2.05, 4.69) is 9.47 Å². The van der Waals surface area contributed by atoms with Gasteiger partial charge in [0.25, 0.3) is 0 Å². The monoisotopic (exact) mass is 262 g/mol. The van der Waals surface area contributed by atoms with Crippen LogP contribution in [0.25, 0.3) is 0 Å². The highest BCUT2D eigenvalue weighted by Crippen LogP contribution is 2.36. The Morgan fingerprint density at radius 1 is 1.33 bits per heavy atom. The number of rotatable bonds is 4. The molecule has 0 amide bonds. The standard InChI is InChI=1S/C12H13F3O3/c1-3-18-11(16)7-8-4-5-10(17-2)9(6-8)12(13,14)15/h4-6H,3,7H2,1-2H3. The molecule has 0 aliphatic carbocycles. The van der Waals surface area contributed by atoms with E-state index in [1.54, 1.807) is 6.92 Å². The van der Waals surface area contributed by atoms with E-state index in [1.165, 1.54) is 12.1 Å². The summed E-state index contributed by atoms with van der Waals surface area (Å²) in [5.74, 6) is -0.828. The molecular weight excluding hydrogens is 249 g/mol. The van der Waals surface area contributed by atoms with Gasteiger partial charge in [0, 0.05) is 0 Å². The fourth-order valence-electron chi connectivity index (χ4n) is 1.47. The van der Waals surface area contributed by atoms with Crippen molar-refractivity contribution in [1.82, 2.24) is 0 Å². The third-order valence-corrected chi connectivity index (χ3v) is 2.22. The highest BCUT2D eigenvalue weighted by molar-refractivity contribution is 5.72. The lowest BCUT2D eigenvalue weighted by Gasteiger charge is -2.13. The topological polar surface area (TPSA) is 35.5 Å². The van der Waals surface area contributed by atoms with E-state index >= 15 is 0 Å². The molecule has 0 saturated carbocycles. The average Bonchev–Trinajstić information content (AvgIpc) is 2.28. The van der Waals surface area contributed by atoms with Crippen molar-refractivity contribution < 1.29 is 27.4 Å². The van der Waals surface area contributed by atoms with Crippen LogP contribution in [0.4, 0.5) is 13.2 Å². The molecule has 0 radical (unpaired) electrons. The van der Waals surface area contributed by atoms with Crippen molar-refractivity contribution >= 4 is 5.97 Å². The molecule has 0 atom stereocenters. The molecule has 100 valence electrons. The van der Waals surface area contributed by atoms with Crippen LogP contribution in [0.15, 0.2) is 18.2 Å². The van der Waals surface area contributed by atoms with E-state index in [1.807, 2.05) is 0 Å². The fraction of sp³-hybridized carbons (Fsp3) is 0.417. The van der Waals surface area contributed by atoms with Crippen LogP contribution in [0.3, 0.4) is 0 Å². The molecular formula is C12H13F3O3. The highest BCUT2D eigenvalue weighted by Gasteiger charge is 2.34. The van der Waals surface area contributed by atoms with Gasteiger partial charge in [-0.05, 0) is 24.6 Å². The molecule has 0 heterocycles. The van der Waals surface area contributed by atoms with Crippen molar-refractivity contribution in [3.63, 3.8) is 0 Å². The van der Waals surface area contributed by atoms with E-state index in [4.69, 9.17) is 0 Å². The largest absolute Gasteiger partial charge is 0.496 e. The average molecular weight is 262 g/mol. The lowest BCUT2D eigenvalue weighted by molar-refractivity contribution is -0.143. The van der Waals surface area contributed by atoms with Crippen molar-refractivity contribution in [3.8, 4) is 5.75 Å². The summed E-state index contributed by atoms with van der Waals surface area (Å²) >= 11 is 0. The zero-order valence-corrected chi connectivity index (χ0v) is 10.0. The summed E-state index contributed by atoms with van der Waals surface area (Å²) in [4.78, 5) is 11.2. The molecule has 0 saturated heterocycles. The molecule has 0 fully saturated rings. The predicted molar refractivity (Wildman–Crippen MR) is 58.3 cm³/mol. The van der Waals surface area contributed by atoms with Crippen LogP contribution < -0.4 is 4.74 Å². The van der Waals surface area contributed by atoms with Gasteiger partial charge in [0.15, 0.2) is 0 Å². The molecule has 0 aliphatic rings. The predicted octanol–water partition coefficient (Wildman–Crippen LogP) is 2.82. The molecule has 0 N–H and O–H groups in total. The smallest absolute Gasteiger partial charge is 0.419 e. The number of hydrogen-bond donors (Lipinski definition) is 0. The van der Waals surface area contributed by atoms with Crippen LogP contribution in [-0.4, -0.2) is 19.7 Å². The zero-order chi connectivity index (χ0) is 13.8. The molecule has 1 aromatic carbocycles. The summed E-state index contributed by atoms with van der Waals surface area (Å²) in [5, 5.41) is 0. The number of halogens is 3. The van der Waals surface area contributed by atoms with Crippen molar-refractivity contribution in [2.45, 2.75) is 19.5 Å². The Morgan fingerprint density at radius 3 is 2.50 bits per heavy atom. The van der Waals surface area contributed by atoms with Crippen LogP contribution in [0.5, 0.6) is 5.75 Å². The summed E-state index contributed by atoms with van der Waals surface area (Å²) in [6.45, 7) is 1.83. The highest BCUT2D eigenvalue weighted by atomic mass is 19.4. The van der Waals surface area contributed by atoms with Gasteiger partial charge in [-0.2, -0.15) is 13.2 Å². The maximum atomic E-state index is 12.7. The Hall–Kier alpha value is -1.72. The normalized spacial score (nSPS) is 11.2. The quantitative estimate of drug-likeness (QED) is 0.783. The summed E-state index contributed by atoms with van der Waals surface area (Å²) < 4.78 is 47.4. The molecule has 1 rings (SSSR count). The van der Waals surface area contributed by atoms with E-state index in [-0.39, 0.29) is 24.3 Å². The van der Waals surface area contributed by atoms with E-state index in [9.17, 15) is 18.0 Å². The minimum Gasteiger partial charge on any atom is -0.496 e. The van der Waals surface area contributed by atoms with Gasteiger partial charge < -0.3 is 9.47 Å². The van der Waals surface area contributed by atoms with E-state index < -0.39 is 17.7 Å². The van der Waals surface area contributed by atoms with Crippen LogP contribution in [0.2, 0.25) is 0 Å². The van der Waals surface area contributed by atoms with Gasteiger partial charge in [0.1, 0.15) is 5.75 Å². The zero-order valence-electron chi connectivity index (χ0n) is 10.0. The number of alkyl halides is 3. The molecule has 0 aromatic heterocycles. The Labute approximate surface area is 103 Å². The molecule has 3 nitrogen and oxygen atoms in total. The van der Waals surface area contributed by atoms with E-state index in [0.29, 0.717) is 0 Å². The van der Waals surface area contributed by atoms with Gasteiger partial charge in [0.05, 0.1) is 25.7 Å². The van der Waals surface area contributed by atoms with Crippen LogP contribution in [0.1, 0.15) is 18.1 Å². The number of carbonyl (C=O) groups is 1. The molecule has 6 heteroatoms. The van der Waals surface area contributed by atoms with Crippen LogP contribution in [0, 0.1) is 0 Å². The number of benzene rings is 1. The molecule has 0 bridgehead atoms. The minimum atomic E-state index is -4.52. The molecule has 18 heavy (non-hydrogen) atoms. The van der Waals surface area contributed by atoms with Crippen molar-refractivity contribution in [2.24, 2.45) is 0 Å². The summed E-state index contributed by atoms with van der Waals surface area (Å²) in [7, 11) is 1.16. The van der Waals surface area contributed by atoms with Gasteiger partial charge in [-0.3, -0.25) is 4.79 Å². The Morgan fingerprint density at radius 2 is 2.00 bits per heavy atom. The number of methoxy groups -OCH3 is 1. The second-order valence-corrected chi connectivity index (χ2v) is 3.51. The number of hydrogen-bond acceptors (Lipinski definition) is 3. The summed E-state index contributed by atoms with van der Waals surface area (Å²) in [5.41, 5.74) is -0.659. The van der Waals surface area contributed by atoms with Crippen molar-refractivity contribution in [3.05, 3.63) is 29.3 Å². The first-order chi connectivity index (χ1) is 8.38. The van der Waals surface area contributed by atoms with Crippen LogP contribution in [-0.2, 0) is 22.1 Å². The number of carbonyl (C=O) groups excluding carboxylic acids is 1. The molecule has 0 unspecified atom stereocenters. The van der Waals surface area contributed by atoms with Gasteiger partial charge in [-0.25, -0.2) is 0 Å². The molecule has 0 spiro atoms. The minimum absolute atomic E-state index is 0.194. The maximum Gasteiger partial charge on any atom is 0.419 e. The Kier molecular flexibility index (Phi) is 4.58. The first-order valence-electron chi connectivity index (χ1n) is 5.28. The fourth-order valence-corrected chi connectivity index (χ4v) is 1.47. The lowest BCUT2D eigenvalue weighted by Crippen LogP contribution is -2.11. The first kappa shape index (κ1) is 14.3. The Balaban J connectivity index is 3.00. The van der Waals surface area contributed by atoms with Crippen molar-refractivity contribution in [2.75, 3.05) is 13.7 Å². The van der Waals surface area contributed by atoms with E-state index in [0.717, 1.165) is 13.2 Å². The maximum absolute atomic E-state index is 12.7. The van der Waals surface area contributed by atoms with Gasteiger partial charge >= 0.3 is 12.1 Å². The molecule has 0 aliphatic heterocycles. The third-order valence-electron chi connectivity index (χ3n) is 2.22. The Bertz CT molecular complexity index is 427. The van der Waals surface area contributed by atoms with Crippen LogP contribution >= 0.6 is 0 Å². The number of esters is 1. The van der Waals surface area contributed by atoms with Gasteiger partial charge in [-0.1, -0.05) is 6.07 Å². The summed E-state index contributed by atoms with van der Waals surface area (Å²) in [6, 6.07) is 3.50. The lowest BCUT2D eigenvalue weighted by atomic mass is 10.1.